The van der Waals surface area contributed by atoms with Crippen LogP contribution >= 0.6 is 15.9 Å². The van der Waals surface area contributed by atoms with Crippen molar-refractivity contribution in [2.75, 3.05) is 11.5 Å². The highest BCUT2D eigenvalue weighted by Gasteiger charge is 2.67. The zero-order valence-corrected chi connectivity index (χ0v) is 31.8. The van der Waals surface area contributed by atoms with Crippen LogP contribution in [0.1, 0.15) is 35.6 Å². The first-order valence-electron chi connectivity index (χ1n) is 17.7. The lowest BCUT2D eigenvalue weighted by Crippen LogP contribution is -2.48. The number of aliphatic hydroxyl groups excluding tert-OH is 1. The van der Waals surface area contributed by atoms with Crippen molar-refractivity contribution in [3.05, 3.63) is 128 Å². The van der Waals surface area contributed by atoms with E-state index in [4.69, 9.17) is 4.74 Å². The van der Waals surface area contributed by atoms with E-state index in [2.05, 4.69) is 21.0 Å². The number of halogens is 2. The van der Waals surface area contributed by atoms with Gasteiger partial charge in [0.15, 0.2) is 5.60 Å². The van der Waals surface area contributed by atoms with Gasteiger partial charge in [0, 0.05) is 28.0 Å². The average Bonchev–Trinajstić information content (AvgIpc) is 3.70. The summed E-state index contributed by atoms with van der Waals surface area (Å²) in [6.45, 7) is 5.47. The van der Waals surface area contributed by atoms with E-state index in [0.717, 1.165) is 26.7 Å². The molecule has 1 saturated heterocycles. The SMILES string of the molecule is C[C@@H]1[C@@H]([Si](C)(C)F)[C@H](CC(=O)N2Cc3ccccc3C[C@H]2CO)O[C@@]12C(=O)N(Cc1cccc(-n3[nH]c4ccccc4c3=O)c1)c1ccc(Br)cc12. The molecule has 8 rings (SSSR count). The van der Waals surface area contributed by atoms with Gasteiger partial charge in [-0.3, -0.25) is 19.5 Å². The summed E-state index contributed by atoms with van der Waals surface area (Å²) in [7, 11) is -3.53. The molecule has 1 spiro atoms. The van der Waals surface area contributed by atoms with Gasteiger partial charge in [-0.1, -0.05) is 71.4 Å². The van der Waals surface area contributed by atoms with Crippen molar-refractivity contribution in [2.45, 2.75) is 69.2 Å². The molecule has 3 aliphatic rings. The molecule has 4 heterocycles. The van der Waals surface area contributed by atoms with Crippen LogP contribution in [0.15, 0.2) is 100 Å². The first-order chi connectivity index (χ1) is 24.9. The van der Waals surface area contributed by atoms with Gasteiger partial charge in [0.2, 0.25) is 14.3 Å². The molecular formula is C40H40BrFN4O5Si. The summed E-state index contributed by atoms with van der Waals surface area (Å²) in [5.41, 5.74) is 3.22. The van der Waals surface area contributed by atoms with Crippen LogP contribution < -0.4 is 10.5 Å². The number of amides is 2. The van der Waals surface area contributed by atoms with Gasteiger partial charge in [-0.05, 0) is 78.7 Å². The number of H-pyrrole nitrogens is 1. The van der Waals surface area contributed by atoms with Gasteiger partial charge in [0.1, 0.15) is 0 Å². The van der Waals surface area contributed by atoms with E-state index in [-0.39, 0.29) is 36.9 Å². The average molecular weight is 784 g/mol. The summed E-state index contributed by atoms with van der Waals surface area (Å²) in [5.74, 6) is -1.11. The van der Waals surface area contributed by atoms with Gasteiger partial charge in [-0.15, -0.1) is 0 Å². The number of rotatable bonds is 7. The number of anilines is 1. The molecule has 5 aromatic rings. The molecule has 9 nitrogen and oxygen atoms in total. The molecule has 1 fully saturated rings. The maximum absolute atomic E-state index is 16.5. The Balaban J connectivity index is 1.13. The Morgan fingerprint density at radius 1 is 1.02 bits per heavy atom. The van der Waals surface area contributed by atoms with Gasteiger partial charge in [-0.25, -0.2) is 4.68 Å². The minimum absolute atomic E-state index is 0.103. The third-order valence-electron chi connectivity index (χ3n) is 11.3. The Morgan fingerprint density at radius 3 is 2.52 bits per heavy atom. The van der Waals surface area contributed by atoms with Crippen LogP contribution in [-0.4, -0.2) is 58.8 Å². The number of aromatic amines is 1. The normalized spacial score (nSPS) is 24.2. The van der Waals surface area contributed by atoms with Crippen LogP contribution in [0, 0.1) is 5.92 Å². The standard InChI is InChI=1S/C40H40BrFN4O5Si/c1-24-37(52(2,3)42)35(20-36(48)44-22-27-11-5-4-10-26(27)18-30(44)23-47)51-40(24)32-19-28(41)15-16-34(32)45(39(40)50)21-25-9-8-12-29(17-25)46-38(49)31-13-6-7-14-33(31)43-46/h4-17,19,24,30,35,37,43,47H,18,20-23H2,1-3H3/t24-,30+,35+,37-,40+/m1/s1. The van der Waals surface area contributed by atoms with Crippen LogP contribution in [0.3, 0.4) is 0 Å². The predicted octanol–water partition coefficient (Wildman–Crippen LogP) is 6.74. The van der Waals surface area contributed by atoms with E-state index >= 15 is 4.11 Å². The Kier molecular flexibility index (Phi) is 8.64. The summed E-state index contributed by atoms with van der Waals surface area (Å²) < 4.78 is 25.7. The molecule has 0 bridgehead atoms. The molecule has 268 valence electrons. The van der Waals surface area contributed by atoms with Gasteiger partial charge < -0.3 is 23.8 Å². The summed E-state index contributed by atoms with van der Waals surface area (Å²) >= 11 is 3.60. The minimum Gasteiger partial charge on any atom is -0.394 e. The molecule has 0 unspecified atom stereocenters. The lowest BCUT2D eigenvalue weighted by Gasteiger charge is -2.37. The van der Waals surface area contributed by atoms with Crippen LogP contribution in [0.5, 0.6) is 0 Å². The van der Waals surface area contributed by atoms with Gasteiger partial charge in [0.25, 0.3) is 11.5 Å². The fraction of sp³-hybridized carbons (Fsp3) is 0.325. The second kappa shape index (κ2) is 12.9. The van der Waals surface area contributed by atoms with E-state index in [0.29, 0.717) is 35.3 Å². The molecular weight excluding hydrogens is 743 g/mol. The monoisotopic (exact) mass is 782 g/mol. The number of carbonyl (C=O) groups is 2. The number of hydrogen-bond acceptors (Lipinski definition) is 5. The molecule has 0 saturated carbocycles. The number of carbonyl (C=O) groups excluding carboxylic acids is 2. The third-order valence-corrected chi connectivity index (χ3v) is 14.2. The molecule has 1 aromatic heterocycles. The fourth-order valence-corrected chi connectivity index (χ4v) is 11.8. The zero-order valence-electron chi connectivity index (χ0n) is 29.2. The number of nitrogens with one attached hydrogen (secondary N) is 1. The molecule has 2 N–H and O–H groups in total. The molecule has 2 amide bonds. The maximum atomic E-state index is 16.5. The lowest BCUT2D eigenvalue weighted by molar-refractivity contribution is -0.151. The van der Waals surface area contributed by atoms with Crippen LogP contribution in [0.4, 0.5) is 9.80 Å². The van der Waals surface area contributed by atoms with E-state index < -0.39 is 37.6 Å². The van der Waals surface area contributed by atoms with Crippen molar-refractivity contribution in [1.82, 2.24) is 14.7 Å². The first-order valence-corrected chi connectivity index (χ1v) is 21.4. The summed E-state index contributed by atoms with van der Waals surface area (Å²) in [6, 6.07) is 27.9. The summed E-state index contributed by atoms with van der Waals surface area (Å²) in [6.07, 6.45) is -0.422. The van der Waals surface area contributed by atoms with Crippen molar-refractivity contribution in [3.63, 3.8) is 0 Å². The fourth-order valence-electron chi connectivity index (χ4n) is 8.93. The van der Waals surface area contributed by atoms with Gasteiger partial charge in [0.05, 0.1) is 54.0 Å². The third kappa shape index (κ3) is 5.58. The Bertz CT molecular complexity index is 2290. The van der Waals surface area contributed by atoms with Crippen molar-refractivity contribution >= 4 is 52.7 Å². The second-order valence-corrected chi connectivity index (χ2v) is 19.5. The Labute approximate surface area is 310 Å². The largest absolute Gasteiger partial charge is 0.394 e. The first kappa shape index (κ1) is 34.7. The number of benzene rings is 4. The Hall–Kier alpha value is -4.36. The van der Waals surface area contributed by atoms with Crippen LogP contribution in [-0.2, 0) is 39.4 Å². The van der Waals surface area contributed by atoms with E-state index in [1.807, 2.05) is 91.9 Å². The van der Waals surface area contributed by atoms with E-state index in [9.17, 15) is 19.5 Å². The molecule has 5 atom stereocenters. The number of para-hydroxylation sites is 1. The number of ether oxygens (including phenoxy) is 1. The highest BCUT2D eigenvalue weighted by Crippen LogP contribution is 2.60. The quantitative estimate of drug-likeness (QED) is 0.141. The summed E-state index contributed by atoms with van der Waals surface area (Å²) in [4.78, 5) is 45.7. The molecule has 0 aliphatic carbocycles. The smallest absolute Gasteiger partial charge is 0.279 e. The van der Waals surface area contributed by atoms with Crippen molar-refractivity contribution in [1.29, 1.82) is 0 Å². The number of hydrogen-bond donors (Lipinski definition) is 2. The lowest BCUT2D eigenvalue weighted by atomic mass is 9.82. The van der Waals surface area contributed by atoms with E-state index in [1.165, 1.54) is 4.68 Å². The van der Waals surface area contributed by atoms with Crippen molar-refractivity contribution < 1.29 is 23.5 Å². The predicted molar refractivity (Wildman–Crippen MR) is 203 cm³/mol. The van der Waals surface area contributed by atoms with Gasteiger partial charge in [-0.2, -0.15) is 0 Å². The zero-order chi connectivity index (χ0) is 36.5. The molecule has 0 radical (unpaired) electrons. The van der Waals surface area contributed by atoms with Crippen LogP contribution in [0.25, 0.3) is 16.6 Å². The second-order valence-electron chi connectivity index (χ2n) is 14.8. The van der Waals surface area contributed by atoms with Crippen molar-refractivity contribution in [2.24, 2.45) is 5.92 Å². The summed E-state index contributed by atoms with van der Waals surface area (Å²) in [5, 5.41) is 14.0. The number of aliphatic hydroxyl groups is 1. The highest BCUT2D eigenvalue weighted by molar-refractivity contribution is 9.10. The molecule has 4 aromatic carbocycles. The maximum Gasteiger partial charge on any atom is 0.279 e. The topological polar surface area (TPSA) is 108 Å². The number of aromatic nitrogens is 2. The molecule has 3 aliphatic heterocycles. The molecule has 12 heteroatoms. The van der Waals surface area contributed by atoms with Gasteiger partial charge >= 0.3 is 0 Å². The number of fused-ring (bicyclic) bond motifs is 4. The number of nitrogens with zero attached hydrogens (tertiary/aromatic N) is 3. The molecule has 52 heavy (non-hydrogen) atoms. The van der Waals surface area contributed by atoms with Crippen molar-refractivity contribution in [3.8, 4) is 5.69 Å². The Morgan fingerprint density at radius 2 is 1.77 bits per heavy atom. The van der Waals surface area contributed by atoms with Crippen LogP contribution in [0.2, 0.25) is 18.6 Å². The highest BCUT2D eigenvalue weighted by atomic mass is 79.9. The minimum atomic E-state index is -3.53. The van der Waals surface area contributed by atoms with E-state index in [1.54, 1.807) is 29.0 Å².